The highest BCUT2D eigenvalue weighted by atomic mass is 32.1. The van der Waals surface area contributed by atoms with E-state index in [4.69, 9.17) is 5.73 Å². The maximum absolute atomic E-state index is 12.6. The molecule has 0 aliphatic rings. The zero-order valence-electron chi connectivity index (χ0n) is 13.1. The second-order valence-corrected chi connectivity index (χ2v) is 6.58. The number of nitrogen functional groups attached to an aromatic ring is 1. The van der Waals surface area contributed by atoms with Gasteiger partial charge in [-0.15, -0.1) is 11.3 Å². The van der Waals surface area contributed by atoms with Crippen LogP contribution in [0.4, 0.5) is 5.69 Å². The van der Waals surface area contributed by atoms with Crippen molar-refractivity contribution in [2.24, 2.45) is 0 Å². The Morgan fingerprint density at radius 3 is 2.10 bits per heavy atom. The Morgan fingerprint density at radius 2 is 1.70 bits per heavy atom. The zero-order valence-corrected chi connectivity index (χ0v) is 13.9. The minimum atomic E-state index is 0.155. The smallest absolute Gasteiger partial charge is 0.264 e. The van der Waals surface area contributed by atoms with Crippen LogP contribution in [0.1, 0.15) is 66.9 Å². The number of nitrogens with two attached hydrogens (primary N) is 1. The van der Waals surface area contributed by atoms with Crippen LogP contribution in [0.2, 0.25) is 0 Å². The third-order valence-corrected chi connectivity index (χ3v) is 4.57. The lowest BCUT2D eigenvalue weighted by Gasteiger charge is -2.22. The van der Waals surface area contributed by atoms with Gasteiger partial charge in [0, 0.05) is 23.7 Å². The summed E-state index contributed by atoms with van der Waals surface area (Å²) in [5, 5.41) is 0. The standard InChI is InChI=1S/C16H28N2OS/c1-4-6-8-10-18(11-9-7-5-2)16(19)15-12-14(17)13(3)20-15/h12H,4-11,17H2,1-3H3. The molecule has 1 amide bonds. The molecule has 114 valence electrons. The SMILES string of the molecule is CCCCCN(CCCCC)C(=O)c1cc(N)c(C)s1. The summed E-state index contributed by atoms with van der Waals surface area (Å²) in [5.74, 6) is 0.155. The molecule has 0 aliphatic carbocycles. The lowest BCUT2D eigenvalue weighted by Crippen LogP contribution is -2.32. The van der Waals surface area contributed by atoms with Gasteiger partial charge in [0.05, 0.1) is 4.88 Å². The van der Waals surface area contributed by atoms with E-state index in [1.165, 1.54) is 37.0 Å². The molecule has 0 unspecified atom stereocenters. The van der Waals surface area contributed by atoms with Gasteiger partial charge in [0.1, 0.15) is 0 Å². The summed E-state index contributed by atoms with van der Waals surface area (Å²) >= 11 is 1.51. The maximum atomic E-state index is 12.6. The van der Waals surface area contributed by atoms with Crippen LogP contribution in [0.15, 0.2) is 6.07 Å². The minimum absolute atomic E-state index is 0.155. The first kappa shape index (κ1) is 17.0. The van der Waals surface area contributed by atoms with Crippen molar-refractivity contribution >= 4 is 22.9 Å². The molecule has 0 fully saturated rings. The normalized spacial score (nSPS) is 10.8. The van der Waals surface area contributed by atoms with Crippen LogP contribution in [-0.4, -0.2) is 23.9 Å². The lowest BCUT2D eigenvalue weighted by molar-refractivity contribution is 0.0754. The quantitative estimate of drug-likeness (QED) is 0.684. The predicted molar refractivity (Wildman–Crippen MR) is 88.4 cm³/mol. The summed E-state index contributed by atoms with van der Waals surface area (Å²) in [7, 11) is 0. The molecule has 3 nitrogen and oxygen atoms in total. The molecule has 1 heterocycles. The van der Waals surface area contributed by atoms with E-state index >= 15 is 0 Å². The second kappa shape index (κ2) is 9.01. The number of unbranched alkanes of at least 4 members (excludes halogenated alkanes) is 4. The summed E-state index contributed by atoms with van der Waals surface area (Å²) in [6.45, 7) is 8.08. The molecular weight excluding hydrogens is 268 g/mol. The molecule has 0 bridgehead atoms. The first-order valence-corrected chi connectivity index (χ1v) is 8.57. The topological polar surface area (TPSA) is 46.3 Å². The number of carbonyl (C=O) groups excluding carboxylic acids is 1. The molecule has 0 spiro atoms. The minimum Gasteiger partial charge on any atom is -0.398 e. The summed E-state index contributed by atoms with van der Waals surface area (Å²) < 4.78 is 0. The van der Waals surface area contributed by atoms with Crippen molar-refractivity contribution in [2.45, 2.75) is 59.3 Å². The number of hydrogen-bond donors (Lipinski definition) is 1. The molecule has 0 atom stereocenters. The van der Waals surface area contributed by atoms with Crippen LogP contribution in [-0.2, 0) is 0 Å². The molecular formula is C16H28N2OS. The summed E-state index contributed by atoms with van der Waals surface area (Å²) in [4.78, 5) is 16.4. The number of carbonyl (C=O) groups is 1. The summed E-state index contributed by atoms with van der Waals surface area (Å²) in [5.41, 5.74) is 6.60. The highest BCUT2D eigenvalue weighted by molar-refractivity contribution is 7.14. The van der Waals surface area contributed by atoms with Gasteiger partial charge in [-0.2, -0.15) is 0 Å². The van der Waals surface area contributed by atoms with E-state index in [9.17, 15) is 4.79 Å². The van der Waals surface area contributed by atoms with Crippen molar-refractivity contribution in [1.82, 2.24) is 4.90 Å². The number of hydrogen-bond acceptors (Lipinski definition) is 3. The Hall–Kier alpha value is -1.03. The maximum Gasteiger partial charge on any atom is 0.264 e. The van der Waals surface area contributed by atoms with Gasteiger partial charge in [-0.25, -0.2) is 0 Å². The molecule has 0 aliphatic heterocycles. The fourth-order valence-electron chi connectivity index (χ4n) is 2.18. The van der Waals surface area contributed by atoms with Crippen LogP contribution in [0.25, 0.3) is 0 Å². The first-order valence-electron chi connectivity index (χ1n) is 7.75. The van der Waals surface area contributed by atoms with E-state index in [1.54, 1.807) is 0 Å². The molecule has 20 heavy (non-hydrogen) atoms. The molecule has 4 heteroatoms. The monoisotopic (exact) mass is 296 g/mol. The third kappa shape index (κ3) is 5.16. The van der Waals surface area contributed by atoms with E-state index in [-0.39, 0.29) is 5.91 Å². The second-order valence-electron chi connectivity index (χ2n) is 5.33. The van der Waals surface area contributed by atoms with E-state index in [1.807, 2.05) is 17.9 Å². The Bertz CT molecular complexity index is 385. The number of nitrogens with zero attached hydrogens (tertiary/aromatic N) is 1. The van der Waals surface area contributed by atoms with E-state index in [2.05, 4.69) is 13.8 Å². The van der Waals surface area contributed by atoms with Gasteiger partial charge in [-0.05, 0) is 25.8 Å². The number of amides is 1. The van der Waals surface area contributed by atoms with Gasteiger partial charge < -0.3 is 10.6 Å². The van der Waals surface area contributed by atoms with E-state index in [0.717, 1.165) is 41.4 Å². The predicted octanol–water partition coefficient (Wildman–Crippen LogP) is 4.46. The van der Waals surface area contributed by atoms with Crippen molar-refractivity contribution in [1.29, 1.82) is 0 Å². The Labute approximate surface area is 127 Å². The molecule has 0 saturated heterocycles. The van der Waals surface area contributed by atoms with Crippen molar-refractivity contribution < 1.29 is 4.79 Å². The van der Waals surface area contributed by atoms with Crippen LogP contribution < -0.4 is 5.73 Å². The van der Waals surface area contributed by atoms with Crippen molar-refractivity contribution in [2.75, 3.05) is 18.8 Å². The van der Waals surface area contributed by atoms with Gasteiger partial charge in [0.25, 0.3) is 5.91 Å². The number of anilines is 1. The molecule has 1 aromatic heterocycles. The molecule has 1 aromatic rings. The Balaban J connectivity index is 2.66. The largest absolute Gasteiger partial charge is 0.398 e. The van der Waals surface area contributed by atoms with Crippen LogP contribution in [0.3, 0.4) is 0 Å². The van der Waals surface area contributed by atoms with Gasteiger partial charge in [0.15, 0.2) is 0 Å². The summed E-state index contributed by atoms with van der Waals surface area (Å²) in [6, 6.07) is 1.83. The van der Waals surface area contributed by atoms with Crippen molar-refractivity contribution in [3.63, 3.8) is 0 Å². The average molecular weight is 296 g/mol. The molecule has 0 radical (unpaired) electrons. The van der Waals surface area contributed by atoms with Crippen molar-refractivity contribution in [3.05, 3.63) is 15.8 Å². The van der Waals surface area contributed by atoms with E-state index < -0.39 is 0 Å². The van der Waals surface area contributed by atoms with Crippen LogP contribution in [0.5, 0.6) is 0 Å². The van der Waals surface area contributed by atoms with E-state index in [0.29, 0.717) is 0 Å². The molecule has 2 N–H and O–H groups in total. The number of thiophene rings is 1. The Morgan fingerprint density at radius 1 is 1.15 bits per heavy atom. The van der Waals surface area contributed by atoms with Crippen molar-refractivity contribution in [3.8, 4) is 0 Å². The molecule has 1 rings (SSSR count). The first-order chi connectivity index (χ1) is 9.60. The van der Waals surface area contributed by atoms with Gasteiger partial charge in [0.2, 0.25) is 0 Å². The highest BCUT2D eigenvalue weighted by Gasteiger charge is 2.18. The Kier molecular flexibility index (Phi) is 7.67. The average Bonchev–Trinajstić information content (AvgIpc) is 2.76. The van der Waals surface area contributed by atoms with Gasteiger partial charge >= 0.3 is 0 Å². The van der Waals surface area contributed by atoms with Crippen LogP contribution >= 0.6 is 11.3 Å². The van der Waals surface area contributed by atoms with Gasteiger partial charge in [-0.1, -0.05) is 39.5 Å². The summed E-state index contributed by atoms with van der Waals surface area (Å²) in [6.07, 6.45) is 6.92. The number of aryl methyl sites for hydroxylation is 1. The number of rotatable bonds is 9. The molecule has 0 aromatic carbocycles. The highest BCUT2D eigenvalue weighted by Crippen LogP contribution is 2.25. The fraction of sp³-hybridized carbons (Fsp3) is 0.688. The third-order valence-electron chi connectivity index (χ3n) is 3.52. The fourth-order valence-corrected chi connectivity index (χ4v) is 3.09. The van der Waals surface area contributed by atoms with Gasteiger partial charge in [-0.3, -0.25) is 4.79 Å². The van der Waals surface area contributed by atoms with Crippen LogP contribution in [0, 0.1) is 6.92 Å². The lowest BCUT2D eigenvalue weighted by atomic mass is 10.2. The molecule has 0 saturated carbocycles. The zero-order chi connectivity index (χ0) is 15.0.